The summed E-state index contributed by atoms with van der Waals surface area (Å²) in [5, 5.41) is 16.1. The Hall–Kier alpha value is -2.86. The number of hydrazone groups is 1. The van der Waals surface area contributed by atoms with Gasteiger partial charge in [0.25, 0.3) is 10.0 Å². The van der Waals surface area contributed by atoms with Gasteiger partial charge in [-0.25, -0.2) is 13.1 Å². The van der Waals surface area contributed by atoms with E-state index >= 15 is 0 Å². The minimum Gasteiger partial charge on any atom is -0.355 e. The molecule has 0 spiro atoms. The van der Waals surface area contributed by atoms with Crippen molar-refractivity contribution in [1.82, 2.24) is 20.2 Å². The van der Waals surface area contributed by atoms with Crippen LogP contribution in [0.5, 0.6) is 0 Å². The molecule has 4 rings (SSSR count). The number of thioether (sulfide) groups is 1. The summed E-state index contributed by atoms with van der Waals surface area (Å²) in [5.74, 6) is 0.989. The van der Waals surface area contributed by atoms with Crippen LogP contribution in [0, 0.1) is 12.3 Å². The molecule has 1 aromatic heterocycles. The third-order valence-corrected chi connectivity index (χ3v) is 8.74. The van der Waals surface area contributed by atoms with Gasteiger partial charge in [0.2, 0.25) is 5.96 Å². The first-order valence-corrected chi connectivity index (χ1v) is 14.9. The van der Waals surface area contributed by atoms with Crippen molar-refractivity contribution in [3.63, 3.8) is 0 Å². The zero-order valence-corrected chi connectivity index (χ0v) is 24.1. The number of guanidine groups is 1. The van der Waals surface area contributed by atoms with Gasteiger partial charge >= 0.3 is 0 Å². The Morgan fingerprint density at radius 3 is 2.55 bits per heavy atom. The highest BCUT2D eigenvalue weighted by Gasteiger charge is 2.27. The van der Waals surface area contributed by atoms with Crippen LogP contribution < -0.4 is 15.5 Å². The second kappa shape index (κ2) is 11.9. The maximum absolute atomic E-state index is 13.4. The van der Waals surface area contributed by atoms with Gasteiger partial charge in [-0.15, -0.1) is 22.0 Å². The first-order valence-electron chi connectivity index (χ1n) is 11.6. The summed E-state index contributed by atoms with van der Waals surface area (Å²) in [6.45, 7) is 7.01. The van der Waals surface area contributed by atoms with Crippen LogP contribution in [-0.4, -0.2) is 49.1 Å². The molecule has 13 heteroatoms. The van der Waals surface area contributed by atoms with E-state index in [4.69, 9.17) is 23.2 Å². The summed E-state index contributed by atoms with van der Waals surface area (Å²) < 4.78 is 29.5. The topological polar surface area (TPSA) is 121 Å². The average Bonchev–Trinajstić information content (AvgIpc) is 2.88. The van der Waals surface area contributed by atoms with Crippen molar-refractivity contribution in [3.8, 4) is 0 Å². The molecule has 38 heavy (non-hydrogen) atoms. The summed E-state index contributed by atoms with van der Waals surface area (Å²) in [6.07, 6.45) is 0. The molecule has 0 aliphatic carbocycles. The summed E-state index contributed by atoms with van der Waals surface area (Å²) in [7, 11) is -3.95. The van der Waals surface area contributed by atoms with E-state index in [0.29, 0.717) is 45.9 Å². The number of sulfonamides is 1. The summed E-state index contributed by atoms with van der Waals surface area (Å²) in [4.78, 5) is 4.97. The van der Waals surface area contributed by atoms with Crippen LogP contribution in [0.3, 0.4) is 0 Å². The number of anilines is 1. The molecule has 0 bridgehead atoms. The molecule has 0 radical (unpaired) electrons. The van der Waals surface area contributed by atoms with Crippen LogP contribution in [0.25, 0.3) is 0 Å². The Bertz CT molecular complexity index is 1460. The number of hydrogen-bond acceptors (Lipinski definition) is 9. The summed E-state index contributed by atoms with van der Waals surface area (Å²) in [5.41, 5.74) is 5.02. The Morgan fingerprint density at radius 1 is 1.13 bits per heavy atom. The lowest BCUT2D eigenvalue weighted by molar-refractivity contribution is 0.360. The van der Waals surface area contributed by atoms with E-state index in [2.05, 4.69) is 49.6 Å². The molecule has 0 atom stereocenters. The van der Waals surface area contributed by atoms with E-state index in [0.717, 1.165) is 5.56 Å². The predicted molar refractivity (Wildman–Crippen MR) is 155 cm³/mol. The SMILES string of the molecule is Cc1cc(S(=O)(=O)NC2=NCC(C)(C)CN2)c(SC/C(=N/Nc2ccc(Cl)nn2)c2ccccc2)cc1Cl. The lowest BCUT2D eigenvalue weighted by Crippen LogP contribution is -2.49. The number of aromatic nitrogens is 2. The van der Waals surface area contributed by atoms with E-state index in [-0.39, 0.29) is 21.4 Å². The predicted octanol–water partition coefficient (Wildman–Crippen LogP) is 4.96. The number of hydrogen-bond donors (Lipinski definition) is 3. The molecule has 3 N–H and O–H groups in total. The molecule has 200 valence electrons. The number of nitrogens with one attached hydrogen (secondary N) is 3. The fourth-order valence-electron chi connectivity index (χ4n) is 3.40. The molecule has 0 unspecified atom stereocenters. The molecule has 9 nitrogen and oxygen atoms in total. The van der Waals surface area contributed by atoms with Crippen molar-refractivity contribution in [2.45, 2.75) is 30.6 Å². The number of nitrogens with zero attached hydrogens (tertiary/aromatic N) is 4. The molecule has 0 saturated carbocycles. The normalized spacial score (nSPS) is 15.4. The lowest BCUT2D eigenvalue weighted by atomic mass is 9.93. The van der Waals surface area contributed by atoms with Crippen LogP contribution in [0.2, 0.25) is 10.2 Å². The van der Waals surface area contributed by atoms with Crippen LogP contribution in [0.15, 0.2) is 74.5 Å². The van der Waals surface area contributed by atoms with Crippen molar-refractivity contribution in [2.24, 2.45) is 15.5 Å². The zero-order chi connectivity index (χ0) is 27.3. The maximum Gasteiger partial charge on any atom is 0.265 e. The Kier molecular flexibility index (Phi) is 8.81. The van der Waals surface area contributed by atoms with Gasteiger partial charge in [0.15, 0.2) is 11.0 Å². The molecule has 3 aromatic rings. The highest BCUT2D eigenvalue weighted by molar-refractivity contribution is 8.00. The van der Waals surface area contributed by atoms with Gasteiger partial charge < -0.3 is 5.32 Å². The third-order valence-electron chi connectivity index (χ3n) is 5.55. The molecule has 0 amide bonds. The Labute approximate surface area is 236 Å². The molecule has 1 aliphatic heterocycles. The second-order valence-electron chi connectivity index (χ2n) is 9.40. The van der Waals surface area contributed by atoms with Crippen molar-refractivity contribution in [3.05, 3.63) is 75.9 Å². The second-order valence-corrected chi connectivity index (χ2v) is 12.9. The van der Waals surface area contributed by atoms with Crippen LogP contribution >= 0.6 is 35.0 Å². The van der Waals surface area contributed by atoms with Crippen molar-refractivity contribution in [1.29, 1.82) is 0 Å². The van der Waals surface area contributed by atoms with Crippen LogP contribution in [0.1, 0.15) is 25.0 Å². The molecule has 1 aliphatic rings. The molecule has 2 heterocycles. The van der Waals surface area contributed by atoms with E-state index in [9.17, 15) is 8.42 Å². The quantitative estimate of drug-likeness (QED) is 0.192. The third kappa shape index (κ3) is 7.37. The summed E-state index contributed by atoms with van der Waals surface area (Å²) in [6, 6.07) is 16.1. The van der Waals surface area contributed by atoms with E-state index in [1.807, 2.05) is 30.3 Å². The Morgan fingerprint density at radius 2 is 1.89 bits per heavy atom. The van der Waals surface area contributed by atoms with Gasteiger partial charge in [0.1, 0.15) is 4.90 Å². The van der Waals surface area contributed by atoms with Gasteiger partial charge in [0, 0.05) is 34.2 Å². The smallest absolute Gasteiger partial charge is 0.265 e. The van der Waals surface area contributed by atoms with Gasteiger partial charge in [0.05, 0.1) is 5.71 Å². The number of aliphatic imine (C=N–C) groups is 1. The molecule has 0 fully saturated rings. The monoisotopic (exact) mass is 591 g/mol. The van der Waals surface area contributed by atoms with Gasteiger partial charge in [-0.05, 0) is 42.3 Å². The van der Waals surface area contributed by atoms with E-state index < -0.39 is 10.0 Å². The van der Waals surface area contributed by atoms with E-state index in [1.165, 1.54) is 11.8 Å². The van der Waals surface area contributed by atoms with Crippen molar-refractivity contribution < 1.29 is 8.42 Å². The molecule has 2 aromatic carbocycles. The van der Waals surface area contributed by atoms with Crippen LogP contribution in [-0.2, 0) is 10.0 Å². The van der Waals surface area contributed by atoms with Crippen molar-refractivity contribution in [2.75, 3.05) is 24.3 Å². The fraction of sp³-hybridized carbons (Fsp3) is 0.280. The zero-order valence-electron chi connectivity index (χ0n) is 21.0. The molecular weight excluding hydrogens is 565 g/mol. The molecular formula is C25H27Cl2N7O2S2. The first-order chi connectivity index (χ1) is 18.0. The number of halogens is 2. The minimum absolute atomic E-state index is 0.0500. The summed E-state index contributed by atoms with van der Waals surface area (Å²) >= 11 is 13.5. The standard InChI is InChI=1S/C25H27Cl2N7O2S2/c1-16-11-21(38(35,36)34-24-28-14-25(2,3)15-29-24)20(12-18(16)26)37-13-19(17-7-5-4-6-8-17)30-32-23-10-9-22(27)31-33-23/h4-12H,13-15H2,1-3H3,(H,32,33)(H2,28,29,34)/b30-19-. The van der Waals surface area contributed by atoms with Gasteiger partial charge in [-0.3, -0.25) is 10.4 Å². The minimum atomic E-state index is -3.95. The molecule has 0 saturated heterocycles. The van der Waals surface area contributed by atoms with E-state index in [1.54, 1.807) is 31.2 Å². The number of benzene rings is 2. The largest absolute Gasteiger partial charge is 0.355 e. The van der Waals surface area contributed by atoms with Gasteiger partial charge in [-0.2, -0.15) is 5.10 Å². The lowest BCUT2D eigenvalue weighted by Gasteiger charge is -2.29. The average molecular weight is 593 g/mol. The fourth-order valence-corrected chi connectivity index (χ4v) is 6.31. The first kappa shape index (κ1) is 28.2. The number of aryl methyl sites for hydroxylation is 1. The number of rotatable bonds is 8. The van der Waals surface area contributed by atoms with Gasteiger partial charge in [-0.1, -0.05) is 67.4 Å². The highest BCUT2D eigenvalue weighted by Crippen LogP contribution is 2.32. The van der Waals surface area contributed by atoms with Crippen molar-refractivity contribution >= 4 is 62.5 Å². The maximum atomic E-state index is 13.4. The Balaban J connectivity index is 1.61. The van der Waals surface area contributed by atoms with Crippen LogP contribution in [0.4, 0.5) is 5.82 Å². The highest BCUT2D eigenvalue weighted by atomic mass is 35.5.